The molecule has 1 fully saturated rings. The maximum Gasteiger partial charge on any atom is 0.140 e. The molecule has 0 spiro atoms. The molecule has 1 saturated carbocycles. The van der Waals surface area contributed by atoms with E-state index in [0.717, 1.165) is 12.8 Å². The lowest BCUT2D eigenvalue weighted by molar-refractivity contribution is -0.123. The molecule has 2 aliphatic rings. The summed E-state index contributed by atoms with van der Waals surface area (Å²) < 4.78 is 0. The van der Waals surface area contributed by atoms with E-state index in [4.69, 9.17) is 0 Å². The number of carbonyl (C=O) groups is 1. The van der Waals surface area contributed by atoms with Crippen LogP contribution >= 0.6 is 0 Å². The first kappa shape index (κ1) is 12.0. The van der Waals surface area contributed by atoms with Gasteiger partial charge in [-0.3, -0.25) is 4.79 Å². The van der Waals surface area contributed by atoms with Crippen molar-refractivity contribution in [1.29, 1.82) is 0 Å². The summed E-state index contributed by atoms with van der Waals surface area (Å²) in [4.78, 5) is 12.3. The zero-order valence-electron chi connectivity index (χ0n) is 11.1. The van der Waals surface area contributed by atoms with Gasteiger partial charge in [-0.15, -0.1) is 0 Å². The third kappa shape index (κ3) is 2.50. The van der Waals surface area contributed by atoms with E-state index >= 15 is 0 Å². The number of benzene rings is 1. The van der Waals surface area contributed by atoms with E-state index in [1.54, 1.807) is 0 Å². The Kier molecular flexibility index (Phi) is 3.49. The predicted molar refractivity (Wildman–Crippen MR) is 73.8 cm³/mol. The van der Waals surface area contributed by atoms with Gasteiger partial charge in [0.1, 0.15) is 5.78 Å². The monoisotopic (exact) mass is 242 g/mol. The Morgan fingerprint density at radius 2 is 1.78 bits per heavy atom. The second-order valence-electron chi connectivity index (χ2n) is 5.93. The molecule has 0 amide bonds. The Morgan fingerprint density at radius 3 is 2.61 bits per heavy atom. The summed E-state index contributed by atoms with van der Waals surface area (Å²) in [5.41, 5.74) is 4.24. The third-order valence-electron chi connectivity index (χ3n) is 4.60. The number of ketones is 1. The van der Waals surface area contributed by atoms with Gasteiger partial charge in [-0.2, -0.15) is 0 Å². The van der Waals surface area contributed by atoms with Crippen LogP contribution in [0.15, 0.2) is 18.2 Å². The fourth-order valence-corrected chi connectivity index (χ4v) is 3.51. The van der Waals surface area contributed by atoms with Gasteiger partial charge in [0.2, 0.25) is 0 Å². The van der Waals surface area contributed by atoms with Crippen molar-refractivity contribution in [2.75, 3.05) is 0 Å². The quantitative estimate of drug-likeness (QED) is 0.786. The molecular formula is C17H22O. The highest BCUT2D eigenvalue weighted by Crippen LogP contribution is 2.27. The SMILES string of the molecule is O=C(Cc1ccc2c(c1)CCC2)C1CCCCC1. The van der Waals surface area contributed by atoms with Crippen LogP contribution in [0, 0.1) is 5.92 Å². The highest BCUT2D eigenvalue weighted by atomic mass is 16.1. The zero-order chi connectivity index (χ0) is 12.4. The first-order chi connectivity index (χ1) is 8.83. The molecule has 0 heterocycles. The van der Waals surface area contributed by atoms with E-state index in [9.17, 15) is 4.79 Å². The minimum absolute atomic E-state index is 0.354. The van der Waals surface area contributed by atoms with Crippen molar-refractivity contribution in [2.45, 2.75) is 57.8 Å². The Labute approximate surface area is 110 Å². The van der Waals surface area contributed by atoms with Crippen LogP contribution in [0.2, 0.25) is 0 Å². The van der Waals surface area contributed by atoms with Crippen LogP contribution in [0.25, 0.3) is 0 Å². The first-order valence-electron chi connectivity index (χ1n) is 7.46. The van der Waals surface area contributed by atoms with Crippen molar-refractivity contribution < 1.29 is 4.79 Å². The average Bonchev–Trinajstić information content (AvgIpc) is 2.87. The molecule has 0 N–H and O–H groups in total. The first-order valence-corrected chi connectivity index (χ1v) is 7.46. The van der Waals surface area contributed by atoms with E-state index in [2.05, 4.69) is 18.2 Å². The van der Waals surface area contributed by atoms with Crippen molar-refractivity contribution >= 4 is 5.78 Å². The lowest BCUT2D eigenvalue weighted by Crippen LogP contribution is -2.19. The highest BCUT2D eigenvalue weighted by molar-refractivity contribution is 5.83. The van der Waals surface area contributed by atoms with Gasteiger partial charge >= 0.3 is 0 Å². The number of carbonyl (C=O) groups excluding carboxylic acids is 1. The zero-order valence-corrected chi connectivity index (χ0v) is 11.1. The summed E-state index contributed by atoms with van der Waals surface area (Å²) in [5.74, 6) is 0.833. The van der Waals surface area contributed by atoms with Gasteiger partial charge in [0.05, 0.1) is 0 Å². The number of hydrogen-bond acceptors (Lipinski definition) is 1. The van der Waals surface area contributed by atoms with Crippen LogP contribution in [0.5, 0.6) is 0 Å². The summed E-state index contributed by atoms with van der Waals surface area (Å²) in [5, 5.41) is 0. The predicted octanol–water partition coefficient (Wildman–Crippen LogP) is 3.87. The molecule has 18 heavy (non-hydrogen) atoms. The normalized spacial score (nSPS) is 19.8. The molecule has 96 valence electrons. The van der Waals surface area contributed by atoms with Gasteiger partial charge in [0, 0.05) is 12.3 Å². The number of hydrogen-bond donors (Lipinski definition) is 0. The molecule has 1 aromatic carbocycles. The second-order valence-corrected chi connectivity index (χ2v) is 5.93. The minimum atomic E-state index is 0.354. The molecule has 0 saturated heterocycles. The minimum Gasteiger partial charge on any atom is -0.299 e. The summed E-state index contributed by atoms with van der Waals surface area (Å²) in [6.07, 6.45) is 10.5. The maximum absolute atomic E-state index is 12.3. The summed E-state index contributed by atoms with van der Waals surface area (Å²) >= 11 is 0. The Morgan fingerprint density at radius 1 is 1.00 bits per heavy atom. The molecule has 1 aromatic rings. The smallest absolute Gasteiger partial charge is 0.140 e. The van der Waals surface area contributed by atoms with Crippen LogP contribution < -0.4 is 0 Å². The Bertz CT molecular complexity index is 441. The molecule has 0 radical (unpaired) electrons. The lowest BCUT2D eigenvalue weighted by atomic mass is 9.84. The van der Waals surface area contributed by atoms with Crippen LogP contribution in [-0.2, 0) is 24.1 Å². The lowest BCUT2D eigenvalue weighted by Gasteiger charge is -2.20. The van der Waals surface area contributed by atoms with Crippen LogP contribution in [0.1, 0.15) is 55.2 Å². The van der Waals surface area contributed by atoms with Gasteiger partial charge in [0.15, 0.2) is 0 Å². The molecule has 1 nitrogen and oxygen atoms in total. The Balaban J connectivity index is 1.66. The van der Waals surface area contributed by atoms with Crippen molar-refractivity contribution in [2.24, 2.45) is 5.92 Å². The number of Topliss-reactive ketones (excluding diaryl/α,β-unsaturated/α-hetero) is 1. The van der Waals surface area contributed by atoms with E-state index < -0.39 is 0 Å². The van der Waals surface area contributed by atoms with Crippen molar-refractivity contribution in [3.63, 3.8) is 0 Å². The standard InChI is InChI=1S/C17H22O/c18-17(15-5-2-1-3-6-15)12-13-9-10-14-7-4-8-16(14)11-13/h9-11,15H,1-8,12H2. The maximum atomic E-state index is 12.3. The van der Waals surface area contributed by atoms with Crippen LogP contribution in [-0.4, -0.2) is 5.78 Å². The van der Waals surface area contributed by atoms with Crippen LogP contribution in [0.4, 0.5) is 0 Å². The number of rotatable bonds is 3. The van der Waals surface area contributed by atoms with Gasteiger partial charge in [0.25, 0.3) is 0 Å². The fourth-order valence-electron chi connectivity index (χ4n) is 3.51. The average molecular weight is 242 g/mol. The van der Waals surface area contributed by atoms with E-state index in [1.165, 1.54) is 55.2 Å². The molecule has 0 unspecified atom stereocenters. The Hall–Kier alpha value is -1.11. The summed E-state index contributed by atoms with van der Waals surface area (Å²) in [7, 11) is 0. The van der Waals surface area contributed by atoms with Gasteiger partial charge in [-0.05, 0) is 48.8 Å². The molecule has 0 atom stereocenters. The van der Waals surface area contributed by atoms with E-state index in [0.29, 0.717) is 18.1 Å². The van der Waals surface area contributed by atoms with Gasteiger partial charge < -0.3 is 0 Å². The second kappa shape index (κ2) is 5.26. The van der Waals surface area contributed by atoms with Gasteiger partial charge in [-0.25, -0.2) is 0 Å². The largest absolute Gasteiger partial charge is 0.299 e. The number of fused-ring (bicyclic) bond motifs is 1. The third-order valence-corrected chi connectivity index (χ3v) is 4.60. The topological polar surface area (TPSA) is 17.1 Å². The van der Waals surface area contributed by atoms with Crippen molar-refractivity contribution in [3.8, 4) is 0 Å². The van der Waals surface area contributed by atoms with Crippen molar-refractivity contribution in [1.82, 2.24) is 0 Å². The molecule has 0 bridgehead atoms. The molecule has 2 aliphatic carbocycles. The molecular weight excluding hydrogens is 220 g/mol. The van der Waals surface area contributed by atoms with Crippen LogP contribution in [0.3, 0.4) is 0 Å². The number of aryl methyl sites for hydroxylation is 2. The molecule has 0 aliphatic heterocycles. The molecule has 3 rings (SSSR count). The fraction of sp³-hybridized carbons (Fsp3) is 0.588. The molecule has 0 aromatic heterocycles. The highest BCUT2D eigenvalue weighted by Gasteiger charge is 2.21. The molecule has 1 heteroatoms. The summed E-state index contributed by atoms with van der Waals surface area (Å²) in [6, 6.07) is 6.69. The van der Waals surface area contributed by atoms with E-state index in [1.807, 2.05) is 0 Å². The van der Waals surface area contributed by atoms with Gasteiger partial charge in [-0.1, -0.05) is 37.5 Å². The summed E-state index contributed by atoms with van der Waals surface area (Å²) in [6.45, 7) is 0. The van der Waals surface area contributed by atoms with Crippen molar-refractivity contribution in [3.05, 3.63) is 34.9 Å². The van der Waals surface area contributed by atoms with E-state index in [-0.39, 0.29) is 0 Å².